The molecule has 0 aromatic carbocycles. The normalized spacial score (nSPS) is 17.5. The van der Waals surface area contributed by atoms with Crippen LogP contribution < -0.4 is 5.73 Å². The SMILES string of the molecule is Nc1nc2cc(C3C=CC=NC3)sc2c2oc(CCCO)nc12. The molecule has 4 rings (SSSR count). The number of aliphatic imine (C=N–C) groups is 1. The van der Waals surface area contributed by atoms with Crippen molar-refractivity contribution in [2.24, 2.45) is 4.99 Å². The van der Waals surface area contributed by atoms with Crippen LogP contribution in [0.4, 0.5) is 5.82 Å². The fourth-order valence-corrected chi connectivity index (χ4v) is 3.86. The maximum absolute atomic E-state index is 8.95. The van der Waals surface area contributed by atoms with Crippen LogP contribution in [0.15, 0.2) is 27.6 Å². The molecule has 1 atom stereocenters. The quantitative estimate of drug-likeness (QED) is 0.767. The molecule has 1 aliphatic heterocycles. The van der Waals surface area contributed by atoms with Gasteiger partial charge in [0.25, 0.3) is 0 Å². The van der Waals surface area contributed by atoms with Gasteiger partial charge in [-0.2, -0.15) is 0 Å². The van der Waals surface area contributed by atoms with Crippen LogP contribution in [-0.4, -0.2) is 34.4 Å². The Bertz CT molecular complexity index is 925. The predicted molar refractivity (Wildman–Crippen MR) is 92.2 cm³/mol. The van der Waals surface area contributed by atoms with Crippen molar-refractivity contribution in [3.8, 4) is 0 Å². The Balaban J connectivity index is 1.83. The molecular formula is C16H16N4O2S. The number of pyridine rings is 1. The number of nitrogen functional groups attached to an aromatic ring is 1. The highest BCUT2D eigenvalue weighted by atomic mass is 32.1. The van der Waals surface area contributed by atoms with Crippen LogP contribution in [-0.2, 0) is 6.42 Å². The lowest BCUT2D eigenvalue weighted by Crippen LogP contribution is -2.00. The summed E-state index contributed by atoms with van der Waals surface area (Å²) in [5.74, 6) is 1.24. The summed E-state index contributed by atoms with van der Waals surface area (Å²) in [6.45, 7) is 0.861. The van der Waals surface area contributed by atoms with Gasteiger partial charge in [-0.05, 0) is 18.6 Å². The van der Waals surface area contributed by atoms with E-state index in [1.165, 1.54) is 4.88 Å². The highest BCUT2D eigenvalue weighted by molar-refractivity contribution is 7.20. The number of aryl methyl sites for hydroxylation is 1. The third-order valence-electron chi connectivity index (χ3n) is 3.84. The maximum Gasteiger partial charge on any atom is 0.195 e. The molecule has 0 fully saturated rings. The zero-order valence-electron chi connectivity index (χ0n) is 12.4. The molecule has 118 valence electrons. The van der Waals surface area contributed by atoms with Crippen molar-refractivity contribution in [3.05, 3.63) is 29.0 Å². The van der Waals surface area contributed by atoms with E-state index in [-0.39, 0.29) is 12.5 Å². The van der Waals surface area contributed by atoms with Crippen molar-refractivity contribution < 1.29 is 9.52 Å². The van der Waals surface area contributed by atoms with Gasteiger partial charge in [-0.15, -0.1) is 11.3 Å². The van der Waals surface area contributed by atoms with Crippen molar-refractivity contribution in [3.63, 3.8) is 0 Å². The molecule has 6 nitrogen and oxygen atoms in total. The Labute approximate surface area is 136 Å². The summed E-state index contributed by atoms with van der Waals surface area (Å²) < 4.78 is 6.85. The van der Waals surface area contributed by atoms with E-state index in [0.717, 1.165) is 16.8 Å². The van der Waals surface area contributed by atoms with E-state index in [1.807, 2.05) is 12.3 Å². The van der Waals surface area contributed by atoms with Gasteiger partial charge < -0.3 is 15.3 Å². The van der Waals surface area contributed by atoms with Gasteiger partial charge >= 0.3 is 0 Å². The fraction of sp³-hybridized carbons (Fsp3) is 0.312. The molecule has 0 amide bonds. The van der Waals surface area contributed by atoms with Crippen molar-refractivity contribution in [1.29, 1.82) is 0 Å². The van der Waals surface area contributed by atoms with Crippen molar-refractivity contribution in [2.75, 3.05) is 18.9 Å². The highest BCUT2D eigenvalue weighted by Gasteiger charge is 2.19. The van der Waals surface area contributed by atoms with Crippen LogP contribution in [0.25, 0.3) is 21.3 Å². The molecule has 0 saturated carbocycles. The molecule has 0 bridgehead atoms. The standard InChI is InChI=1S/C16H16N4O2S/c17-16-13-14(22-12(20-13)4-2-6-21)15-10(19-16)7-11(23-15)9-3-1-5-18-8-9/h1,3,5,7,9,21H,2,4,6,8H2,(H2,17,19). The third kappa shape index (κ3) is 2.51. The fourth-order valence-electron chi connectivity index (χ4n) is 2.70. The molecule has 3 aromatic heterocycles. The molecule has 4 heterocycles. The number of anilines is 1. The average Bonchev–Trinajstić information content (AvgIpc) is 3.18. The Morgan fingerprint density at radius 3 is 3.09 bits per heavy atom. The molecule has 0 radical (unpaired) electrons. The van der Waals surface area contributed by atoms with Crippen molar-refractivity contribution in [2.45, 2.75) is 18.8 Å². The number of dihydropyridines is 1. The molecule has 0 spiro atoms. The predicted octanol–water partition coefficient (Wildman–Crippen LogP) is 2.67. The van der Waals surface area contributed by atoms with Gasteiger partial charge in [0.15, 0.2) is 22.8 Å². The molecule has 23 heavy (non-hydrogen) atoms. The maximum atomic E-state index is 8.95. The largest absolute Gasteiger partial charge is 0.439 e. The Morgan fingerprint density at radius 2 is 2.30 bits per heavy atom. The van der Waals surface area contributed by atoms with Crippen LogP contribution in [0.1, 0.15) is 23.1 Å². The lowest BCUT2D eigenvalue weighted by Gasteiger charge is -2.08. The first kappa shape index (κ1) is 14.3. The minimum atomic E-state index is 0.111. The second-order valence-corrected chi connectivity index (χ2v) is 6.56. The van der Waals surface area contributed by atoms with Gasteiger partial charge in [0.1, 0.15) is 0 Å². The molecule has 0 saturated heterocycles. The van der Waals surface area contributed by atoms with E-state index in [2.05, 4.69) is 27.1 Å². The molecular weight excluding hydrogens is 312 g/mol. The summed E-state index contributed by atoms with van der Waals surface area (Å²) in [4.78, 5) is 14.4. The minimum Gasteiger partial charge on any atom is -0.439 e. The molecule has 3 N–H and O–H groups in total. The first-order valence-electron chi connectivity index (χ1n) is 7.52. The Kier molecular flexibility index (Phi) is 3.59. The summed E-state index contributed by atoms with van der Waals surface area (Å²) in [6.07, 6.45) is 7.14. The van der Waals surface area contributed by atoms with E-state index in [1.54, 1.807) is 11.3 Å². The lowest BCUT2D eigenvalue weighted by atomic mass is 10.1. The molecule has 0 aliphatic carbocycles. The summed E-state index contributed by atoms with van der Waals surface area (Å²) in [7, 11) is 0. The number of nitrogens with two attached hydrogens (primary N) is 1. The second kappa shape index (κ2) is 5.75. The van der Waals surface area contributed by atoms with Crippen molar-refractivity contribution >= 4 is 44.7 Å². The van der Waals surface area contributed by atoms with E-state index in [0.29, 0.717) is 35.6 Å². The zero-order chi connectivity index (χ0) is 15.8. The molecule has 3 aromatic rings. The first-order chi connectivity index (χ1) is 11.3. The number of nitrogens with zero attached hydrogens (tertiary/aromatic N) is 3. The molecule has 7 heteroatoms. The van der Waals surface area contributed by atoms with Gasteiger partial charge in [-0.25, -0.2) is 9.97 Å². The number of oxazole rings is 1. The zero-order valence-corrected chi connectivity index (χ0v) is 13.2. The monoisotopic (exact) mass is 328 g/mol. The van der Waals surface area contributed by atoms with E-state index in [9.17, 15) is 0 Å². The number of allylic oxidation sites excluding steroid dienone is 1. The van der Waals surface area contributed by atoms with Crippen LogP contribution in [0.5, 0.6) is 0 Å². The van der Waals surface area contributed by atoms with Crippen LogP contribution >= 0.6 is 11.3 Å². The number of hydrogen-bond donors (Lipinski definition) is 2. The topological polar surface area (TPSA) is 97.5 Å². The summed E-state index contributed by atoms with van der Waals surface area (Å²) in [5, 5.41) is 8.95. The summed E-state index contributed by atoms with van der Waals surface area (Å²) in [6, 6.07) is 2.06. The average molecular weight is 328 g/mol. The second-order valence-electron chi connectivity index (χ2n) is 5.48. The van der Waals surface area contributed by atoms with Gasteiger partial charge in [-0.3, -0.25) is 4.99 Å². The van der Waals surface area contributed by atoms with Gasteiger partial charge in [0, 0.05) is 30.0 Å². The Morgan fingerprint density at radius 1 is 1.39 bits per heavy atom. The summed E-state index contributed by atoms with van der Waals surface area (Å²) >= 11 is 1.65. The van der Waals surface area contributed by atoms with Crippen LogP contribution in [0.2, 0.25) is 0 Å². The number of fused-ring (bicyclic) bond motifs is 3. The number of aliphatic hydroxyl groups is 1. The molecule has 1 unspecified atom stereocenters. The smallest absolute Gasteiger partial charge is 0.195 e. The van der Waals surface area contributed by atoms with E-state index in [4.69, 9.17) is 15.3 Å². The van der Waals surface area contributed by atoms with Crippen LogP contribution in [0, 0.1) is 0 Å². The number of rotatable bonds is 4. The first-order valence-corrected chi connectivity index (χ1v) is 8.33. The molecule has 1 aliphatic rings. The number of thiophene rings is 1. The number of hydrogen-bond acceptors (Lipinski definition) is 7. The van der Waals surface area contributed by atoms with Gasteiger partial charge in [0.05, 0.1) is 16.8 Å². The van der Waals surface area contributed by atoms with E-state index < -0.39 is 0 Å². The van der Waals surface area contributed by atoms with E-state index >= 15 is 0 Å². The number of aliphatic hydroxyl groups excluding tert-OH is 1. The Hall–Kier alpha value is -2.25. The highest BCUT2D eigenvalue weighted by Crippen LogP contribution is 2.37. The summed E-state index contributed by atoms with van der Waals surface area (Å²) in [5.41, 5.74) is 8.17. The van der Waals surface area contributed by atoms with Gasteiger partial charge in [-0.1, -0.05) is 6.08 Å². The third-order valence-corrected chi connectivity index (χ3v) is 5.10. The number of aromatic nitrogens is 2. The van der Waals surface area contributed by atoms with Crippen molar-refractivity contribution in [1.82, 2.24) is 9.97 Å². The van der Waals surface area contributed by atoms with Gasteiger partial charge in [0.2, 0.25) is 0 Å². The van der Waals surface area contributed by atoms with Crippen LogP contribution in [0.3, 0.4) is 0 Å². The lowest BCUT2D eigenvalue weighted by molar-refractivity contribution is 0.284. The minimum absolute atomic E-state index is 0.111.